The Balaban J connectivity index is 0.00000420. The van der Waals surface area contributed by atoms with Crippen molar-refractivity contribution < 1.29 is 9.59 Å². The molecular formula is C31H36Cl3N3O2. The van der Waals surface area contributed by atoms with Crippen LogP contribution in [0.25, 0.3) is 0 Å². The van der Waals surface area contributed by atoms with E-state index in [2.05, 4.69) is 22.3 Å². The van der Waals surface area contributed by atoms with Crippen LogP contribution in [0.4, 0.5) is 0 Å². The number of rotatable bonds is 9. The molecule has 8 heteroatoms. The van der Waals surface area contributed by atoms with Crippen LogP contribution >= 0.6 is 35.6 Å². The Morgan fingerprint density at radius 1 is 0.949 bits per heavy atom. The standard InChI is InChI=1S/C31H35Cl2N3O2.ClH/c1-23(37)34-31(27-11-7-4-8-12-27)16-19-36(20-17-31)18-15-26(25-13-14-28(32)29(33)21-25)22-35(2)30(38)24-9-5-3-6-10-24;/h3-14,21,26H,15-20,22H2,1-2H3,(H,34,37);1H/t26-;/m0./s1. The maximum Gasteiger partial charge on any atom is 0.253 e. The number of piperidine rings is 1. The molecule has 0 spiro atoms. The molecule has 1 saturated heterocycles. The Morgan fingerprint density at radius 2 is 1.56 bits per heavy atom. The van der Waals surface area contributed by atoms with Crippen LogP contribution in [-0.2, 0) is 10.3 Å². The van der Waals surface area contributed by atoms with Gasteiger partial charge in [-0.3, -0.25) is 9.59 Å². The predicted octanol–water partition coefficient (Wildman–Crippen LogP) is 6.79. The zero-order valence-corrected chi connectivity index (χ0v) is 24.7. The monoisotopic (exact) mass is 587 g/mol. The van der Waals surface area contributed by atoms with Crippen LogP contribution in [-0.4, -0.2) is 54.8 Å². The summed E-state index contributed by atoms with van der Waals surface area (Å²) in [5, 5.41) is 4.29. The lowest BCUT2D eigenvalue weighted by Gasteiger charge is -2.43. The molecule has 0 radical (unpaired) electrons. The van der Waals surface area contributed by atoms with Gasteiger partial charge < -0.3 is 15.1 Å². The van der Waals surface area contributed by atoms with E-state index < -0.39 is 0 Å². The van der Waals surface area contributed by atoms with E-state index >= 15 is 0 Å². The van der Waals surface area contributed by atoms with Gasteiger partial charge in [0.15, 0.2) is 0 Å². The number of benzene rings is 3. The molecule has 39 heavy (non-hydrogen) atoms. The average molecular weight is 589 g/mol. The van der Waals surface area contributed by atoms with Crippen LogP contribution in [0.5, 0.6) is 0 Å². The zero-order chi connectivity index (χ0) is 27.1. The first-order chi connectivity index (χ1) is 18.3. The lowest BCUT2D eigenvalue weighted by atomic mass is 9.80. The van der Waals surface area contributed by atoms with Crippen molar-refractivity contribution in [1.82, 2.24) is 15.1 Å². The van der Waals surface area contributed by atoms with Gasteiger partial charge in [-0.15, -0.1) is 12.4 Å². The van der Waals surface area contributed by atoms with Crippen LogP contribution in [0.15, 0.2) is 78.9 Å². The minimum absolute atomic E-state index is 0. The maximum absolute atomic E-state index is 13.1. The van der Waals surface area contributed by atoms with Crippen LogP contribution in [0.3, 0.4) is 0 Å². The van der Waals surface area contributed by atoms with Gasteiger partial charge in [0.25, 0.3) is 5.91 Å². The van der Waals surface area contributed by atoms with Gasteiger partial charge in [0, 0.05) is 45.1 Å². The molecule has 0 aliphatic carbocycles. The SMILES string of the molecule is CC(=O)NC1(c2ccccc2)CCN(CC[C@@H](CN(C)C(=O)c2ccccc2)c2ccc(Cl)c(Cl)c2)CC1.Cl. The van der Waals surface area contributed by atoms with Gasteiger partial charge in [-0.2, -0.15) is 0 Å². The Morgan fingerprint density at radius 3 is 2.15 bits per heavy atom. The van der Waals surface area contributed by atoms with E-state index in [1.807, 2.05) is 73.8 Å². The number of nitrogens with zero attached hydrogens (tertiary/aromatic N) is 2. The third kappa shape index (κ3) is 7.98. The summed E-state index contributed by atoms with van der Waals surface area (Å²) in [6.07, 6.45) is 2.56. The maximum atomic E-state index is 13.1. The van der Waals surface area contributed by atoms with E-state index in [9.17, 15) is 9.59 Å². The van der Waals surface area contributed by atoms with Gasteiger partial charge in [-0.1, -0.05) is 77.8 Å². The van der Waals surface area contributed by atoms with E-state index in [0.29, 0.717) is 22.2 Å². The number of nitrogens with one attached hydrogen (secondary N) is 1. The highest BCUT2D eigenvalue weighted by Gasteiger charge is 2.37. The number of likely N-dealkylation sites (tertiary alicyclic amines) is 1. The Hall–Kier alpha value is -2.57. The fourth-order valence-corrected chi connectivity index (χ4v) is 5.73. The third-order valence-corrected chi connectivity index (χ3v) is 8.26. The minimum Gasteiger partial charge on any atom is -0.347 e. The number of likely N-dealkylation sites (N-methyl/N-ethyl adjacent to an activating group) is 1. The quantitative estimate of drug-likeness (QED) is 0.300. The van der Waals surface area contributed by atoms with Crippen LogP contribution in [0.2, 0.25) is 10.0 Å². The van der Waals surface area contributed by atoms with Crippen LogP contribution in [0.1, 0.15) is 53.6 Å². The first kappa shape index (κ1) is 31.0. The molecule has 1 atom stereocenters. The first-order valence-corrected chi connectivity index (χ1v) is 13.8. The number of carbonyl (C=O) groups is 2. The summed E-state index contributed by atoms with van der Waals surface area (Å²) in [4.78, 5) is 29.4. The van der Waals surface area contributed by atoms with Crippen molar-refractivity contribution in [3.8, 4) is 0 Å². The summed E-state index contributed by atoms with van der Waals surface area (Å²) < 4.78 is 0. The molecule has 3 aromatic carbocycles. The van der Waals surface area contributed by atoms with Gasteiger partial charge in [-0.25, -0.2) is 0 Å². The number of amides is 2. The van der Waals surface area contributed by atoms with E-state index in [1.54, 1.807) is 11.8 Å². The molecule has 1 aliphatic heterocycles. The molecule has 4 rings (SSSR count). The van der Waals surface area contributed by atoms with Gasteiger partial charge in [0.1, 0.15) is 0 Å². The lowest BCUT2D eigenvalue weighted by molar-refractivity contribution is -0.121. The summed E-state index contributed by atoms with van der Waals surface area (Å²) in [6.45, 7) is 4.79. The Bertz CT molecular complexity index is 1230. The molecule has 0 unspecified atom stereocenters. The number of carbonyl (C=O) groups excluding carboxylic acids is 2. The van der Waals surface area contributed by atoms with Crippen LogP contribution < -0.4 is 5.32 Å². The Kier molecular flexibility index (Phi) is 11.3. The minimum atomic E-state index is -0.338. The summed E-state index contributed by atoms with van der Waals surface area (Å²) in [5.74, 6) is 0.0864. The molecule has 2 amide bonds. The number of halogens is 3. The molecule has 1 fully saturated rings. The van der Waals surface area contributed by atoms with Gasteiger partial charge >= 0.3 is 0 Å². The van der Waals surface area contributed by atoms with Crippen LogP contribution in [0, 0.1) is 0 Å². The normalized spacial score (nSPS) is 15.6. The second kappa shape index (κ2) is 14.2. The zero-order valence-electron chi connectivity index (χ0n) is 22.4. The van der Waals surface area contributed by atoms with Crippen molar-refractivity contribution in [3.05, 3.63) is 106 Å². The Labute approximate surface area is 247 Å². The second-order valence-corrected chi connectivity index (χ2v) is 11.0. The molecular weight excluding hydrogens is 553 g/mol. The molecule has 0 saturated carbocycles. The molecule has 208 valence electrons. The van der Waals surface area contributed by atoms with Crippen molar-refractivity contribution in [3.63, 3.8) is 0 Å². The molecule has 5 nitrogen and oxygen atoms in total. The van der Waals surface area contributed by atoms with Crippen molar-refractivity contribution in [2.24, 2.45) is 0 Å². The van der Waals surface area contributed by atoms with Gasteiger partial charge in [-0.05, 0) is 61.2 Å². The summed E-state index contributed by atoms with van der Waals surface area (Å²) in [5.41, 5.74) is 2.56. The summed E-state index contributed by atoms with van der Waals surface area (Å²) in [6, 6.07) is 25.4. The number of hydrogen-bond donors (Lipinski definition) is 1. The summed E-state index contributed by atoms with van der Waals surface area (Å²) >= 11 is 12.6. The van der Waals surface area contributed by atoms with Crippen molar-refractivity contribution in [1.29, 1.82) is 0 Å². The molecule has 1 heterocycles. The molecule has 1 aliphatic rings. The average Bonchev–Trinajstić information content (AvgIpc) is 2.93. The van der Waals surface area contributed by atoms with E-state index in [4.69, 9.17) is 23.2 Å². The second-order valence-electron chi connectivity index (χ2n) is 10.2. The smallest absolute Gasteiger partial charge is 0.253 e. The van der Waals surface area contributed by atoms with Gasteiger partial charge in [0.2, 0.25) is 5.91 Å². The topological polar surface area (TPSA) is 52.7 Å². The van der Waals surface area contributed by atoms with E-state index in [-0.39, 0.29) is 35.7 Å². The fourth-order valence-electron chi connectivity index (χ4n) is 5.42. The molecule has 0 bridgehead atoms. The number of hydrogen-bond acceptors (Lipinski definition) is 3. The van der Waals surface area contributed by atoms with Crippen molar-refractivity contribution in [2.75, 3.05) is 33.2 Å². The van der Waals surface area contributed by atoms with Crippen molar-refractivity contribution in [2.45, 2.75) is 37.6 Å². The van der Waals surface area contributed by atoms with E-state index in [1.165, 1.54) is 0 Å². The molecule has 0 aromatic heterocycles. The largest absolute Gasteiger partial charge is 0.347 e. The van der Waals surface area contributed by atoms with Gasteiger partial charge in [0.05, 0.1) is 15.6 Å². The van der Waals surface area contributed by atoms with Crippen molar-refractivity contribution >= 4 is 47.4 Å². The highest BCUT2D eigenvalue weighted by Crippen LogP contribution is 2.34. The molecule has 1 N–H and O–H groups in total. The highest BCUT2D eigenvalue weighted by atomic mass is 35.5. The highest BCUT2D eigenvalue weighted by molar-refractivity contribution is 6.42. The fraction of sp³-hybridized carbons (Fsp3) is 0.355. The summed E-state index contributed by atoms with van der Waals surface area (Å²) in [7, 11) is 1.85. The first-order valence-electron chi connectivity index (χ1n) is 13.1. The van der Waals surface area contributed by atoms with E-state index in [0.717, 1.165) is 50.0 Å². The lowest BCUT2D eigenvalue weighted by Crippen LogP contribution is -2.52. The third-order valence-electron chi connectivity index (χ3n) is 7.52. The predicted molar refractivity (Wildman–Crippen MR) is 162 cm³/mol. The molecule has 3 aromatic rings.